The summed E-state index contributed by atoms with van der Waals surface area (Å²) in [7, 11) is 0. The first-order valence-corrected chi connectivity index (χ1v) is 3.22. The number of hydrogen-bond acceptors (Lipinski definition) is 3. The molecular weight excluding hydrogens is 184 g/mol. The van der Waals surface area contributed by atoms with E-state index < -0.39 is 29.4 Å². The highest BCUT2D eigenvalue weighted by molar-refractivity contribution is 5.89. The Labute approximate surface area is 71.5 Å². The summed E-state index contributed by atoms with van der Waals surface area (Å²) >= 11 is 0. The van der Waals surface area contributed by atoms with Crippen molar-refractivity contribution in [1.82, 2.24) is 4.98 Å². The molecule has 4 nitrogen and oxygen atoms in total. The van der Waals surface area contributed by atoms with Crippen molar-refractivity contribution in [3.8, 4) is 5.75 Å². The van der Waals surface area contributed by atoms with E-state index in [4.69, 9.17) is 10.2 Å². The third kappa shape index (κ3) is 1.90. The first kappa shape index (κ1) is 9.37. The van der Waals surface area contributed by atoms with Gasteiger partial charge in [-0.1, -0.05) is 0 Å². The second kappa shape index (κ2) is 3.34. The molecule has 0 aliphatic carbocycles. The molecular formula is C7H5F2NO3. The summed E-state index contributed by atoms with van der Waals surface area (Å²) in [5.41, 5.74) is -1.53. The van der Waals surface area contributed by atoms with E-state index in [1.165, 1.54) is 0 Å². The second-order valence-electron chi connectivity index (χ2n) is 2.23. The Bertz CT molecular complexity index is 341. The molecule has 70 valence electrons. The van der Waals surface area contributed by atoms with Crippen molar-refractivity contribution < 1.29 is 23.8 Å². The van der Waals surface area contributed by atoms with Gasteiger partial charge in [-0.05, 0) is 6.07 Å². The number of carboxylic acid groups (broad SMARTS) is 1. The van der Waals surface area contributed by atoms with Crippen molar-refractivity contribution in [3.63, 3.8) is 0 Å². The number of halogens is 2. The number of aromatic hydroxyl groups is 1. The Balaban J connectivity index is 3.27. The Hall–Kier alpha value is -1.72. The van der Waals surface area contributed by atoms with Gasteiger partial charge in [-0.3, -0.25) is 4.98 Å². The number of rotatable bonds is 2. The number of nitrogens with zero attached hydrogens (tertiary/aromatic N) is 1. The average molecular weight is 189 g/mol. The molecule has 2 N–H and O–H groups in total. The van der Waals surface area contributed by atoms with Crippen molar-refractivity contribution in [2.24, 2.45) is 0 Å². The summed E-state index contributed by atoms with van der Waals surface area (Å²) in [6.07, 6.45) is -2.19. The van der Waals surface area contributed by atoms with Crippen LogP contribution in [-0.2, 0) is 0 Å². The molecule has 0 aliphatic rings. The third-order valence-electron chi connectivity index (χ3n) is 1.34. The van der Waals surface area contributed by atoms with Crippen molar-refractivity contribution >= 4 is 5.97 Å². The van der Waals surface area contributed by atoms with Gasteiger partial charge in [0.1, 0.15) is 11.4 Å². The second-order valence-corrected chi connectivity index (χ2v) is 2.23. The van der Waals surface area contributed by atoms with Gasteiger partial charge in [0.15, 0.2) is 0 Å². The van der Waals surface area contributed by atoms with E-state index in [2.05, 4.69) is 4.98 Å². The van der Waals surface area contributed by atoms with Crippen molar-refractivity contribution in [2.45, 2.75) is 6.43 Å². The quantitative estimate of drug-likeness (QED) is 0.738. The predicted molar refractivity (Wildman–Crippen MR) is 37.8 cm³/mol. The molecule has 13 heavy (non-hydrogen) atoms. The van der Waals surface area contributed by atoms with Gasteiger partial charge in [0.05, 0.1) is 11.8 Å². The van der Waals surface area contributed by atoms with E-state index >= 15 is 0 Å². The SMILES string of the molecule is O=C(O)c1cc(O)cnc1C(F)F. The first-order chi connectivity index (χ1) is 6.02. The minimum Gasteiger partial charge on any atom is -0.506 e. The average Bonchev–Trinajstić information content (AvgIpc) is 2.03. The molecule has 0 amide bonds. The number of carboxylic acids is 1. The van der Waals surface area contributed by atoms with Crippen LogP contribution in [0, 0.1) is 0 Å². The molecule has 6 heteroatoms. The highest BCUT2D eigenvalue weighted by Gasteiger charge is 2.19. The molecule has 0 atom stereocenters. The van der Waals surface area contributed by atoms with Crippen LogP contribution in [0.2, 0.25) is 0 Å². The van der Waals surface area contributed by atoms with Gasteiger partial charge in [-0.25, -0.2) is 13.6 Å². The molecule has 0 bridgehead atoms. The van der Waals surface area contributed by atoms with Crippen LogP contribution in [0.1, 0.15) is 22.5 Å². The smallest absolute Gasteiger partial charge is 0.337 e. The van der Waals surface area contributed by atoms with Crippen LogP contribution in [0.4, 0.5) is 8.78 Å². The lowest BCUT2D eigenvalue weighted by Gasteiger charge is -2.03. The zero-order chi connectivity index (χ0) is 10.0. The molecule has 1 heterocycles. The fourth-order valence-electron chi connectivity index (χ4n) is 0.810. The van der Waals surface area contributed by atoms with Crippen LogP contribution in [0.3, 0.4) is 0 Å². The monoisotopic (exact) mass is 189 g/mol. The van der Waals surface area contributed by atoms with Crippen LogP contribution >= 0.6 is 0 Å². The van der Waals surface area contributed by atoms with Gasteiger partial charge in [0.25, 0.3) is 6.43 Å². The molecule has 0 radical (unpaired) electrons. The maximum Gasteiger partial charge on any atom is 0.337 e. The lowest BCUT2D eigenvalue weighted by atomic mass is 10.2. The van der Waals surface area contributed by atoms with Gasteiger partial charge in [0.2, 0.25) is 0 Å². The van der Waals surface area contributed by atoms with Crippen LogP contribution < -0.4 is 0 Å². The standard InChI is InChI=1S/C7H5F2NO3/c8-6(9)5-4(7(12)13)1-3(11)2-10-5/h1-2,6,11H,(H,12,13). The number of aromatic nitrogens is 1. The Morgan fingerprint density at radius 1 is 1.54 bits per heavy atom. The van der Waals surface area contributed by atoms with E-state index in [1.54, 1.807) is 0 Å². The summed E-state index contributed by atoms with van der Waals surface area (Å²) < 4.78 is 24.2. The van der Waals surface area contributed by atoms with Crippen molar-refractivity contribution in [1.29, 1.82) is 0 Å². The van der Waals surface area contributed by atoms with E-state index in [0.717, 1.165) is 12.3 Å². The van der Waals surface area contributed by atoms with E-state index in [0.29, 0.717) is 0 Å². The van der Waals surface area contributed by atoms with E-state index in [1.807, 2.05) is 0 Å². The molecule has 1 aromatic rings. The van der Waals surface area contributed by atoms with Gasteiger partial charge < -0.3 is 10.2 Å². The zero-order valence-corrected chi connectivity index (χ0v) is 6.24. The summed E-state index contributed by atoms with van der Waals surface area (Å²) in [5, 5.41) is 17.3. The van der Waals surface area contributed by atoms with E-state index in [-0.39, 0.29) is 0 Å². The number of alkyl halides is 2. The minimum absolute atomic E-state index is 0.457. The largest absolute Gasteiger partial charge is 0.506 e. The third-order valence-corrected chi connectivity index (χ3v) is 1.34. The molecule has 0 fully saturated rings. The van der Waals surface area contributed by atoms with Crippen LogP contribution in [0.5, 0.6) is 5.75 Å². The Morgan fingerprint density at radius 3 is 2.62 bits per heavy atom. The molecule has 0 saturated heterocycles. The topological polar surface area (TPSA) is 70.4 Å². The predicted octanol–water partition coefficient (Wildman–Crippen LogP) is 1.42. The molecule has 0 aromatic carbocycles. The summed E-state index contributed by atoms with van der Waals surface area (Å²) in [4.78, 5) is 13.5. The van der Waals surface area contributed by atoms with Gasteiger partial charge in [0, 0.05) is 0 Å². The van der Waals surface area contributed by atoms with Gasteiger partial charge in [-0.15, -0.1) is 0 Å². The fourth-order valence-corrected chi connectivity index (χ4v) is 0.810. The number of aromatic carboxylic acids is 1. The fraction of sp³-hybridized carbons (Fsp3) is 0.143. The van der Waals surface area contributed by atoms with Crippen LogP contribution in [-0.4, -0.2) is 21.2 Å². The van der Waals surface area contributed by atoms with Crippen LogP contribution in [0.15, 0.2) is 12.3 Å². The van der Waals surface area contributed by atoms with Crippen molar-refractivity contribution in [3.05, 3.63) is 23.5 Å². The van der Waals surface area contributed by atoms with E-state index in [9.17, 15) is 13.6 Å². The highest BCUT2D eigenvalue weighted by atomic mass is 19.3. The lowest BCUT2D eigenvalue weighted by Crippen LogP contribution is -2.04. The summed E-state index contributed by atoms with van der Waals surface area (Å²) in [5.74, 6) is -2.00. The zero-order valence-electron chi connectivity index (χ0n) is 6.24. The first-order valence-electron chi connectivity index (χ1n) is 3.22. The maximum absolute atomic E-state index is 12.1. The molecule has 0 spiro atoms. The summed E-state index contributed by atoms with van der Waals surface area (Å²) in [6.45, 7) is 0. The Kier molecular flexibility index (Phi) is 2.41. The normalized spacial score (nSPS) is 10.4. The van der Waals surface area contributed by atoms with Gasteiger partial charge >= 0.3 is 5.97 Å². The molecule has 1 aromatic heterocycles. The number of pyridine rings is 1. The highest BCUT2D eigenvalue weighted by Crippen LogP contribution is 2.23. The van der Waals surface area contributed by atoms with Crippen molar-refractivity contribution in [2.75, 3.05) is 0 Å². The number of carbonyl (C=O) groups is 1. The van der Waals surface area contributed by atoms with Crippen LogP contribution in [0.25, 0.3) is 0 Å². The minimum atomic E-state index is -2.97. The number of hydrogen-bond donors (Lipinski definition) is 2. The Morgan fingerprint density at radius 2 is 2.15 bits per heavy atom. The van der Waals surface area contributed by atoms with Gasteiger partial charge in [-0.2, -0.15) is 0 Å². The molecule has 0 aliphatic heterocycles. The lowest BCUT2D eigenvalue weighted by molar-refractivity contribution is 0.0681. The molecule has 0 saturated carbocycles. The molecule has 0 unspecified atom stereocenters. The summed E-state index contributed by atoms with van der Waals surface area (Å²) in [6, 6.07) is 0.733. The maximum atomic E-state index is 12.1. The molecule has 1 rings (SSSR count).